The Labute approximate surface area is 56.3 Å². The molecule has 0 heterocycles. The lowest BCUT2D eigenvalue weighted by Gasteiger charge is -1.91. The quantitative estimate of drug-likeness (QED) is 0.415. The molecule has 0 aliphatic carbocycles. The number of hydrogen-bond acceptors (Lipinski definition) is 1. The predicted molar refractivity (Wildman–Crippen MR) is 38.8 cm³/mol. The lowest BCUT2D eigenvalue weighted by atomic mass is 10.1. The van der Waals surface area contributed by atoms with Crippen LogP contribution in [0.15, 0.2) is 24.3 Å². The van der Waals surface area contributed by atoms with Crippen molar-refractivity contribution in [3.8, 4) is 6.07 Å². The molecule has 0 N–H and O–H groups in total. The van der Waals surface area contributed by atoms with Crippen molar-refractivity contribution >= 4 is 0 Å². The molecule has 0 radical (unpaired) electrons. The number of rotatable bonds is 3. The average Bonchev–Trinajstić information content (AvgIpc) is 1.85. The van der Waals surface area contributed by atoms with E-state index in [0.717, 1.165) is 18.4 Å². The molecule has 0 spiro atoms. The van der Waals surface area contributed by atoms with Gasteiger partial charge in [-0.15, -0.1) is 6.58 Å². The SMILES string of the molecule is C=CCC/C(C)=C/C#N. The van der Waals surface area contributed by atoms with Gasteiger partial charge in [-0.05, 0) is 19.8 Å². The van der Waals surface area contributed by atoms with E-state index >= 15 is 0 Å². The second kappa shape index (κ2) is 5.11. The molecule has 0 bridgehead atoms. The first-order chi connectivity index (χ1) is 4.31. The van der Waals surface area contributed by atoms with E-state index in [0.29, 0.717) is 0 Å². The van der Waals surface area contributed by atoms with Gasteiger partial charge < -0.3 is 0 Å². The minimum absolute atomic E-state index is 0.955. The Balaban J connectivity index is 3.52. The summed E-state index contributed by atoms with van der Waals surface area (Å²) in [6, 6.07) is 1.98. The highest BCUT2D eigenvalue weighted by Crippen LogP contribution is 2.02. The van der Waals surface area contributed by atoms with Crippen LogP contribution in [-0.2, 0) is 0 Å². The van der Waals surface area contributed by atoms with Gasteiger partial charge in [-0.1, -0.05) is 11.6 Å². The van der Waals surface area contributed by atoms with Crippen molar-refractivity contribution in [2.45, 2.75) is 19.8 Å². The number of nitrogens with zero attached hydrogens (tertiary/aromatic N) is 1. The van der Waals surface area contributed by atoms with Crippen LogP contribution in [0.2, 0.25) is 0 Å². The number of nitriles is 1. The van der Waals surface area contributed by atoms with Crippen LogP contribution in [0.1, 0.15) is 19.8 Å². The zero-order valence-electron chi connectivity index (χ0n) is 5.72. The molecule has 0 aromatic carbocycles. The molecule has 0 fully saturated rings. The van der Waals surface area contributed by atoms with Gasteiger partial charge in [0.25, 0.3) is 0 Å². The first-order valence-corrected chi connectivity index (χ1v) is 2.97. The maximum absolute atomic E-state index is 8.18. The van der Waals surface area contributed by atoms with Crippen molar-refractivity contribution < 1.29 is 0 Å². The van der Waals surface area contributed by atoms with Crippen LogP contribution in [0.25, 0.3) is 0 Å². The summed E-state index contributed by atoms with van der Waals surface area (Å²) >= 11 is 0. The maximum Gasteiger partial charge on any atom is 0.0911 e. The topological polar surface area (TPSA) is 23.8 Å². The average molecular weight is 121 g/mol. The van der Waals surface area contributed by atoms with Crippen LogP contribution in [0, 0.1) is 11.3 Å². The van der Waals surface area contributed by atoms with Crippen LogP contribution >= 0.6 is 0 Å². The van der Waals surface area contributed by atoms with Gasteiger partial charge in [0.05, 0.1) is 6.07 Å². The molecule has 9 heavy (non-hydrogen) atoms. The standard InChI is InChI=1S/C8H11N/c1-3-4-5-8(2)6-7-9/h3,6H,1,4-5H2,2H3/b8-6+. The van der Waals surface area contributed by atoms with E-state index in [9.17, 15) is 0 Å². The minimum Gasteiger partial charge on any atom is -0.193 e. The van der Waals surface area contributed by atoms with Gasteiger partial charge in [0.2, 0.25) is 0 Å². The van der Waals surface area contributed by atoms with Gasteiger partial charge >= 0.3 is 0 Å². The molecular weight excluding hydrogens is 110 g/mol. The van der Waals surface area contributed by atoms with Crippen LogP contribution in [-0.4, -0.2) is 0 Å². The molecule has 0 saturated carbocycles. The molecule has 0 rings (SSSR count). The van der Waals surface area contributed by atoms with Crippen LogP contribution in [0.3, 0.4) is 0 Å². The van der Waals surface area contributed by atoms with Crippen LogP contribution in [0.5, 0.6) is 0 Å². The summed E-state index contributed by atoms with van der Waals surface area (Å²) in [5.41, 5.74) is 1.12. The largest absolute Gasteiger partial charge is 0.193 e. The van der Waals surface area contributed by atoms with Crippen molar-refractivity contribution in [3.63, 3.8) is 0 Å². The van der Waals surface area contributed by atoms with Gasteiger partial charge in [-0.2, -0.15) is 5.26 Å². The highest BCUT2D eigenvalue weighted by molar-refractivity contribution is 5.11. The zero-order chi connectivity index (χ0) is 7.11. The molecule has 0 aromatic rings. The lowest BCUT2D eigenvalue weighted by molar-refractivity contribution is 0.981. The van der Waals surface area contributed by atoms with Crippen molar-refractivity contribution in [3.05, 3.63) is 24.3 Å². The zero-order valence-corrected chi connectivity index (χ0v) is 5.72. The van der Waals surface area contributed by atoms with E-state index in [2.05, 4.69) is 6.58 Å². The molecular formula is C8H11N. The van der Waals surface area contributed by atoms with E-state index in [1.807, 2.05) is 19.1 Å². The van der Waals surface area contributed by atoms with Crippen LogP contribution < -0.4 is 0 Å². The van der Waals surface area contributed by atoms with Gasteiger partial charge in [0.1, 0.15) is 0 Å². The molecule has 48 valence electrons. The molecule has 1 heteroatoms. The Hall–Kier alpha value is -1.03. The summed E-state index contributed by atoms with van der Waals surface area (Å²) < 4.78 is 0. The summed E-state index contributed by atoms with van der Waals surface area (Å²) in [7, 11) is 0. The van der Waals surface area contributed by atoms with E-state index in [-0.39, 0.29) is 0 Å². The molecule has 0 amide bonds. The van der Waals surface area contributed by atoms with Crippen LogP contribution in [0.4, 0.5) is 0 Å². The fourth-order valence-electron chi connectivity index (χ4n) is 0.512. The molecule has 1 nitrogen and oxygen atoms in total. The molecule has 0 unspecified atom stereocenters. The van der Waals surface area contributed by atoms with Crippen molar-refractivity contribution in [2.24, 2.45) is 0 Å². The lowest BCUT2D eigenvalue weighted by Crippen LogP contribution is -1.72. The maximum atomic E-state index is 8.18. The van der Waals surface area contributed by atoms with Gasteiger partial charge in [0, 0.05) is 6.08 Å². The Bertz CT molecular complexity index is 148. The van der Waals surface area contributed by atoms with E-state index < -0.39 is 0 Å². The number of allylic oxidation sites excluding steroid dienone is 3. The fourth-order valence-corrected chi connectivity index (χ4v) is 0.512. The molecule has 0 aromatic heterocycles. The van der Waals surface area contributed by atoms with Crippen molar-refractivity contribution in [2.75, 3.05) is 0 Å². The third-order valence-corrected chi connectivity index (χ3v) is 1.05. The first kappa shape index (κ1) is 7.97. The second-order valence-corrected chi connectivity index (χ2v) is 1.95. The Kier molecular flexibility index (Phi) is 4.53. The highest BCUT2D eigenvalue weighted by Gasteiger charge is 1.84. The number of hydrogen-bond donors (Lipinski definition) is 0. The molecule has 0 aliphatic heterocycles. The molecule has 0 atom stereocenters. The van der Waals surface area contributed by atoms with E-state index in [4.69, 9.17) is 5.26 Å². The van der Waals surface area contributed by atoms with Crippen molar-refractivity contribution in [1.82, 2.24) is 0 Å². The molecule has 0 aliphatic rings. The minimum atomic E-state index is 0.955. The smallest absolute Gasteiger partial charge is 0.0911 e. The van der Waals surface area contributed by atoms with Gasteiger partial charge in [-0.25, -0.2) is 0 Å². The van der Waals surface area contributed by atoms with Gasteiger partial charge in [-0.3, -0.25) is 0 Å². The molecule has 0 saturated heterocycles. The highest BCUT2D eigenvalue weighted by atomic mass is 14.2. The Morgan fingerprint density at radius 3 is 2.89 bits per heavy atom. The Morgan fingerprint density at radius 2 is 2.44 bits per heavy atom. The summed E-state index contributed by atoms with van der Waals surface area (Å²) in [5, 5.41) is 8.18. The Morgan fingerprint density at radius 1 is 1.78 bits per heavy atom. The third-order valence-electron chi connectivity index (χ3n) is 1.05. The van der Waals surface area contributed by atoms with Gasteiger partial charge in [0.15, 0.2) is 0 Å². The third kappa shape index (κ3) is 4.83. The van der Waals surface area contributed by atoms with E-state index in [1.165, 1.54) is 0 Å². The first-order valence-electron chi connectivity index (χ1n) is 2.97. The summed E-state index contributed by atoms with van der Waals surface area (Å²) in [4.78, 5) is 0. The van der Waals surface area contributed by atoms with E-state index in [1.54, 1.807) is 6.08 Å². The summed E-state index contributed by atoms with van der Waals surface area (Å²) in [5.74, 6) is 0. The normalized spacial score (nSPS) is 10.4. The second-order valence-electron chi connectivity index (χ2n) is 1.95. The summed E-state index contributed by atoms with van der Waals surface area (Å²) in [6.07, 6.45) is 5.35. The monoisotopic (exact) mass is 121 g/mol. The van der Waals surface area contributed by atoms with Crippen molar-refractivity contribution in [1.29, 1.82) is 5.26 Å². The summed E-state index contributed by atoms with van der Waals surface area (Å²) in [6.45, 7) is 5.53. The predicted octanol–water partition coefficient (Wildman–Crippen LogP) is 2.42. The fraction of sp³-hybridized carbons (Fsp3) is 0.375.